The topological polar surface area (TPSA) is 61.4 Å². The Morgan fingerprint density at radius 3 is 3.00 bits per heavy atom. The lowest BCUT2D eigenvalue weighted by molar-refractivity contribution is -0.135. The van der Waals surface area contributed by atoms with Crippen LogP contribution >= 0.6 is 0 Å². The summed E-state index contributed by atoms with van der Waals surface area (Å²) in [5, 5.41) is 6.28. The summed E-state index contributed by atoms with van der Waals surface area (Å²) < 4.78 is 0. The fraction of sp³-hybridized carbons (Fsp3) is 0.846. The number of likely N-dealkylation sites (tertiary alicyclic amines) is 1. The van der Waals surface area contributed by atoms with Gasteiger partial charge in [-0.25, -0.2) is 0 Å². The van der Waals surface area contributed by atoms with E-state index in [-0.39, 0.29) is 24.4 Å². The Morgan fingerprint density at radius 1 is 1.33 bits per heavy atom. The standard InChI is InChI=1S/C13H23N3O2/c17-12(15-11-5-4-7-14-9-11)10-16-8-3-1-2-6-13(16)18/h11,14H,1-10H2,(H,15,17). The molecule has 2 amide bonds. The highest BCUT2D eigenvalue weighted by Crippen LogP contribution is 2.10. The summed E-state index contributed by atoms with van der Waals surface area (Å²) in [6.07, 6.45) is 5.81. The number of piperidine rings is 1. The van der Waals surface area contributed by atoms with E-state index in [9.17, 15) is 9.59 Å². The largest absolute Gasteiger partial charge is 0.351 e. The summed E-state index contributed by atoms with van der Waals surface area (Å²) in [5.41, 5.74) is 0. The zero-order valence-corrected chi connectivity index (χ0v) is 10.9. The number of nitrogens with one attached hydrogen (secondary N) is 2. The second-order valence-corrected chi connectivity index (χ2v) is 5.24. The van der Waals surface area contributed by atoms with Gasteiger partial charge in [0.1, 0.15) is 0 Å². The van der Waals surface area contributed by atoms with E-state index in [4.69, 9.17) is 0 Å². The fourth-order valence-corrected chi connectivity index (χ4v) is 2.63. The van der Waals surface area contributed by atoms with E-state index in [0.29, 0.717) is 6.42 Å². The summed E-state index contributed by atoms with van der Waals surface area (Å²) in [6, 6.07) is 0.230. The SMILES string of the molecule is O=C(CN1CCCCCC1=O)NC1CCCNC1. The van der Waals surface area contributed by atoms with E-state index in [1.54, 1.807) is 4.90 Å². The van der Waals surface area contributed by atoms with Crippen molar-refractivity contribution in [2.24, 2.45) is 0 Å². The molecule has 0 aromatic rings. The molecule has 5 heteroatoms. The normalized spacial score (nSPS) is 25.7. The molecule has 1 unspecified atom stereocenters. The maximum atomic E-state index is 11.9. The molecule has 0 aromatic carbocycles. The molecule has 2 aliphatic heterocycles. The van der Waals surface area contributed by atoms with E-state index in [2.05, 4.69) is 10.6 Å². The van der Waals surface area contributed by atoms with Crippen LogP contribution in [0.15, 0.2) is 0 Å². The minimum Gasteiger partial charge on any atom is -0.351 e. The van der Waals surface area contributed by atoms with Gasteiger partial charge in [-0.3, -0.25) is 9.59 Å². The van der Waals surface area contributed by atoms with E-state index in [0.717, 1.165) is 51.7 Å². The monoisotopic (exact) mass is 253 g/mol. The van der Waals surface area contributed by atoms with Crippen LogP contribution in [-0.2, 0) is 9.59 Å². The number of hydrogen-bond acceptors (Lipinski definition) is 3. The third-order valence-corrected chi connectivity index (χ3v) is 3.67. The molecule has 102 valence electrons. The van der Waals surface area contributed by atoms with Crippen LogP contribution in [0.2, 0.25) is 0 Å². The molecular weight excluding hydrogens is 230 g/mol. The van der Waals surface area contributed by atoms with Gasteiger partial charge in [-0.05, 0) is 32.2 Å². The van der Waals surface area contributed by atoms with Crippen molar-refractivity contribution in [2.75, 3.05) is 26.2 Å². The smallest absolute Gasteiger partial charge is 0.239 e. The molecule has 5 nitrogen and oxygen atoms in total. The van der Waals surface area contributed by atoms with E-state index in [1.165, 1.54) is 0 Å². The Labute approximate surface area is 108 Å². The van der Waals surface area contributed by atoms with Crippen LogP contribution in [-0.4, -0.2) is 48.9 Å². The van der Waals surface area contributed by atoms with Crippen molar-refractivity contribution < 1.29 is 9.59 Å². The molecule has 2 saturated heterocycles. The maximum absolute atomic E-state index is 11.9. The van der Waals surface area contributed by atoms with Crippen LogP contribution in [0.1, 0.15) is 38.5 Å². The molecule has 0 bridgehead atoms. The Kier molecular flexibility index (Phi) is 4.99. The van der Waals surface area contributed by atoms with Gasteiger partial charge >= 0.3 is 0 Å². The molecule has 0 aliphatic carbocycles. The van der Waals surface area contributed by atoms with Crippen molar-refractivity contribution >= 4 is 11.8 Å². The third-order valence-electron chi connectivity index (χ3n) is 3.67. The molecule has 0 saturated carbocycles. The predicted octanol–water partition coefficient (Wildman–Crippen LogP) is 0.257. The Balaban J connectivity index is 1.76. The first-order chi connectivity index (χ1) is 8.75. The maximum Gasteiger partial charge on any atom is 0.239 e. The van der Waals surface area contributed by atoms with Gasteiger partial charge in [0.2, 0.25) is 11.8 Å². The molecule has 2 heterocycles. The van der Waals surface area contributed by atoms with Crippen LogP contribution in [0.25, 0.3) is 0 Å². The molecule has 0 aromatic heterocycles. The van der Waals surface area contributed by atoms with Crippen LogP contribution < -0.4 is 10.6 Å². The number of rotatable bonds is 3. The average Bonchev–Trinajstić information content (AvgIpc) is 2.56. The van der Waals surface area contributed by atoms with Crippen LogP contribution in [0, 0.1) is 0 Å². The predicted molar refractivity (Wildman–Crippen MR) is 69.1 cm³/mol. The lowest BCUT2D eigenvalue weighted by Gasteiger charge is -2.26. The van der Waals surface area contributed by atoms with Crippen LogP contribution in [0.3, 0.4) is 0 Å². The Hall–Kier alpha value is -1.10. The number of nitrogens with zero attached hydrogens (tertiary/aromatic N) is 1. The quantitative estimate of drug-likeness (QED) is 0.758. The summed E-state index contributed by atoms with van der Waals surface area (Å²) in [5.74, 6) is 0.114. The average molecular weight is 253 g/mol. The fourth-order valence-electron chi connectivity index (χ4n) is 2.63. The number of carbonyl (C=O) groups excluding carboxylic acids is 2. The van der Waals surface area contributed by atoms with Crippen molar-refractivity contribution in [1.82, 2.24) is 15.5 Å². The van der Waals surface area contributed by atoms with Crippen LogP contribution in [0.4, 0.5) is 0 Å². The number of carbonyl (C=O) groups is 2. The van der Waals surface area contributed by atoms with Crippen molar-refractivity contribution in [2.45, 2.75) is 44.6 Å². The first-order valence-electron chi connectivity index (χ1n) is 7.03. The lowest BCUT2D eigenvalue weighted by Crippen LogP contribution is -2.49. The van der Waals surface area contributed by atoms with Crippen molar-refractivity contribution in [3.8, 4) is 0 Å². The molecule has 2 fully saturated rings. The van der Waals surface area contributed by atoms with Gasteiger partial charge in [0.05, 0.1) is 6.54 Å². The molecule has 2 N–H and O–H groups in total. The molecule has 2 rings (SSSR count). The van der Waals surface area contributed by atoms with Gasteiger partial charge in [-0.2, -0.15) is 0 Å². The Bertz CT molecular complexity index is 301. The number of hydrogen-bond donors (Lipinski definition) is 2. The van der Waals surface area contributed by atoms with Crippen molar-refractivity contribution in [1.29, 1.82) is 0 Å². The first kappa shape index (κ1) is 13.3. The zero-order chi connectivity index (χ0) is 12.8. The van der Waals surface area contributed by atoms with Gasteiger partial charge < -0.3 is 15.5 Å². The van der Waals surface area contributed by atoms with Gasteiger partial charge in [0, 0.05) is 25.6 Å². The second kappa shape index (κ2) is 6.73. The molecule has 0 radical (unpaired) electrons. The first-order valence-corrected chi connectivity index (χ1v) is 7.03. The number of amides is 2. The van der Waals surface area contributed by atoms with Gasteiger partial charge in [0.25, 0.3) is 0 Å². The molecule has 18 heavy (non-hydrogen) atoms. The van der Waals surface area contributed by atoms with E-state index >= 15 is 0 Å². The Morgan fingerprint density at radius 2 is 2.22 bits per heavy atom. The molecule has 2 aliphatic rings. The van der Waals surface area contributed by atoms with Crippen molar-refractivity contribution in [3.05, 3.63) is 0 Å². The van der Waals surface area contributed by atoms with Crippen LogP contribution in [0.5, 0.6) is 0 Å². The van der Waals surface area contributed by atoms with Gasteiger partial charge in [-0.1, -0.05) is 6.42 Å². The highest BCUT2D eigenvalue weighted by atomic mass is 16.2. The summed E-state index contributed by atoms with van der Waals surface area (Å²) in [6.45, 7) is 2.85. The molecular formula is C13H23N3O2. The zero-order valence-electron chi connectivity index (χ0n) is 10.9. The lowest BCUT2D eigenvalue weighted by atomic mass is 10.1. The van der Waals surface area contributed by atoms with E-state index < -0.39 is 0 Å². The van der Waals surface area contributed by atoms with Gasteiger partial charge in [0.15, 0.2) is 0 Å². The van der Waals surface area contributed by atoms with Gasteiger partial charge in [-0.15, -0.1) is 0 Å². The molecule has 1 atom stereocenters. The summed E-state index contributed by atoms with van der Waals surface area (Å²) in [7, 11) is 0. The highest BCUT2D eigenvalue weighted by Gasteiger charge is 2.21. The van der Waals surface area contributed by atoms with E-state index in [1.807, 2.05) is 0 Å². The minimum absolute atomic E-state index is 0.0149. The molecule has 0 spiro atoms. The highest BCUT2D eigenvalue weighted by molar-refractivity contribution is 5.85. The summed E-state index contributed by atoms with van der Waals surface area (Å²) >= 11 is 0. The minimum atomic E-state index is -0.0149. The second-order valence-electron chi connectivity index (χ2n) is 5.24. The third kappa shape index (κ3) is 3.98. The summed E-state index contributed by atoms with van der Waals surface area (Å²) in [4.78, 5) is 25.4. The van der Waals surface area contributed by atoms with Crippen molar-refractivity contribution in [3.63, 3.8) is 0 Å².